The van der Waals surface area contributed by atoms with Gasteiger partial charge in [-0.3, -0.25) is 4.79 Å². The van der Waals surface area contributed by atoms with Crippen molar-refractivity contribution in [3.05, 3.63) is 40.6 Å². The van der Waals surface area contributed by atoms with Crippen LogP contribution < -0.4 is 14.8 Å². The van der Waals surface area contributed by atoms with Gasteiger partial charge in [-0.25, -0.2) is 0 Å². The average Bonchev–Trinajstić information content (AvgIpc) is 3.28. The minimum Gasteiger partial charge on any atom is -0.493 e. The number of carbonyl (C=O) groups is 1. The van der Waals surface area contributed by atoms with E-state index in [2.05, 4.69) is 15.5 Å². The Morgan fingerprint density at radius 1 is 1.22 bits per heavy atom. The van der Waals surface area contributed by atoms with E-state index in [4.69, 9.17) is 14.0 Å². The fourth-order valence-corrected chi connectivity index (χ4v) is 3.49. The van der Waals surface area contributed by atoms with Crippen molar-refractivity contribution < 1.29 is 18.8 Å². The van der Waals surface area contributed by atoms with Gasteiger partial charge in [0.2, 0.25) is 17.6 Å². The number of carbonyl (C=O) groups excluding carboxylic acids is 1. The Labute approximate surface area is 161 Å². The summed E-state index contributed by atoms with van der Waals surface area (Å²) in [6.07, 6.45) is 0.916. The van der Waals surface area contributed by atoms with E-state index in [0.717, 1.165) is 21.0 Å². The summed E-state index contributed by atoms with van der Waals surface area (Å²) in [5.41, 5.74) is 1.59. The molecule has 3 aromatic rings. The minimum absolute atomic E-state index is 0.114. The van der Waals surface area contributed by atoms with Crippen LogP contribution in [0, 0.1) is 6.92 Å². The highest BCUT2D eigenvalue weighted by atomic mass is 32.1. The molecule has 142 valence electrons. The number of nitrogens with zero attached hydrogens (tertiary/aromatic N) is 2. The largest absolute Gasteiger partial charge is 0.493 e. The number of methoxy groups -OCH3 is 2. The van der Waals surface area contributed by atoms with Gasteiger partial charge in [0.15, 0.2) is 11.5 Å². The van der Waals surface area contributed by atoms with E-state index in [9.17, 15) is 4.79 Å². The molecule has 0 aliphatic rings. The zero-order valence-electron chi connectivity index (χ0n) is 15.7. The number of hydrogen-bond donors (Lipinski definition) is 1. The molecular formula is C19H21N3O4S. The van der Waals surface area contributed by atoms with Gasteiger partial charge >= 0.3 is 0 Å². The average molecular weight is 387 g/mol. The Morgan fingerprint density at radius 3 is 2.67 bits per heavy atom. The maximum Gasteiger partial charge on any atom is 0.228 e. The second-order valence-electron chi connectivity index (χ2n) is 5.86. The van der Waals surface area contributed by atoms with Gasteiger partial charge < -0.3 is 19.3 Å². The third kappa shape index (κ3) is 4.28. The van der Waals surface area contributed by atoms with E-state index in [-0.39, 0.29) is 12.3 Å². The second-order valence-corrected chi connectivity index (χ2v) is 7.12. The van der Waals surface area contributed by atoms with Gasteiger partial charge in [-0.15, -0.1) is 11.3 Å². The molecule has 2 heterocycles. The quantitative estimate of drug-likeness (QED) is 0.662. The first-order valence-electron chi connectivity index (χ1n) is 8.48. The Kier molecular flexibility index (Phi) is 5.75. The fourth-order valence-electron chi connectivity index (χ4n) is 2.59. The topological polar surface area (TPSA) is 86.5 Å². The predicted octanol–water partition coefficient (Wildman–Crippen LogP) is 3.87. The number of anilines is 1. The highest BCUT2D eigenvalue weighted by Gasteiger charge is 2.15. The summed E-state index contributed by atoms with van der Waals surface area (Å²) in [6, 6.07) is 7.31. The number of thiophene rings is 1. The summed E-state index contributed by atoms with van der Waals surface area (Å²) in [4.78, 5) is 18.6. The monoisotopic (exact) mass is 387 g/mol. The smallest absolute Gasteiger partial charge is 0.228 e. The molecule has 1 aromatic carbocycles. The van der Waals surface area contributed by atoms with Crippen molar-refractivity contribution >= 4 is 22.9 Å². The summed E-state index contributed by atoms with van der Waals surface area (Å²) >= 11 is 1.51. The molecule has 1 N–H and O–H groups in total. The van der Waals surface area contributed by atoms with Crippen molar-refractivity contribution in [1.29, 1.82) is 0 Å². The summed E-state index contributed by atoms with van der Waals surface area (Å²) in [7, 11) is 3.15. The number of ether oxygens (including phenoxy) is 2. The molecule has 0 atom stereocenters. The molecule has 0 aliphatic carbocycles. The van der Waals surface area contributed by atoms with Crippen molar-refractivity contribution in [2.24, 2.45) is 0 Å². The zero-order chi connectivity index (χ0) is 19.4. The Bertz CT molecular complexity index is 948. The van der Waals surface area contributed by atoms with Crippen molar-refractivity contribution in [3.8, 4) is 22.2 Å². The molecule has 2 aromatic heterocycles. The van der Waals surface area contributed by atoms with Crippen LogP contribution in [0.4, 0.5) is 5.69 Å². The molecule has 27 heavy (non-hydrogen) atoms. The van der Waals surface area contributed by atoms with Crippen molar-refractivity contribution in [2.75, 3.05) is 19.5 Å². The van der Waals surface area contributed by atoms with Gasteiger partial charge in [-0.2, -0.15) is 4.98 Å². The number of amides is 1. The first-order chi connectivity index (χ1) is 13.0. The highest BCUT2D eigenvalue weighted by molar-refractivity contribution is 7.16. The molecule has 0 bridgehead atoms. The van der Waals surface area contributed by atoms with Crippen LogP contribution in [0.5, 0.6) is 11.5 Å². The molecule has 0 spiro atoms. The van der Waals surface area contributed by atoms with Crippen LogP contribution in [-0.2, 0) is 17.6 Å². The van der Waals surface area contributed by atoms with Crippen molar-refractivity contribution in [1.82, 2.24) is 10.1 Å². The van der Waals surface area contributed by atoms with Gasteiger partial charge in [0.25, 0.3) is 0 Å². The zero-order valence-corrected chi connectivity index (χ0v) is 16.5. The summed E-state index contributed by atoms with van der Waals surface area (Å²) in [5, 5.41) is 6.93. The van der Waals surface area contributed by atoms with Crippen LogP contribution in [0.3, 0.4) is 0 Å². The van der Waals surface area contributed by atoms with Crippen LogP contribution in [0.1, 0.15) is 23.3 Å². The molecule has 0 aliphatic heterocycles. The Hall–Kier alpha value is -2.87. The van der Waals surface area contributed by atoms with Gasteiger partial charge in [-0.1, -0.05) is 18.1 Å². The summed E-state index contributed by atoms with van der Waals surface area (Å²) < 4.78 is 15.7. The lowest BCUT2D eigenvalue weighted by Crippen LogP contribution is -2.14. The molecular weight excluding hydrogens is 366 g/mol. The second kappa shape index (κ2) is 8.22. The number of aryl methyl sites for hydroxylation is 2. The van der Waals surface area contributed by atoms with Gasteiger partial charge in [0.05, 0.1) is 31.2 Å². The molecule has 0 fully saturated rings. The molecule has 0 radical (unpaired) electrons. The molecule has 3 rings (SSSR count). The van der Waals surface area contributed by atoms with Crippen molar-refractivity contribution in [3.63, 3.8) is 0 Å². The van der Waals surface area contributed by atoms with Crippen LogP contribution in [0.15, 0.2) is 28.8 Å². The summed E-state index contributed by atoms with van der Waals surface area (Å²) in [6.45, 7) is 3.90. The number of rotatable bonds is 7. The van der Waals surface area contributed by atoms with E-state index in [1.54, 1.807) is 26.4 Å². The van der Waals surface area contributed by atoms with Crippen LogP contribution in [0.2, 0.25) is 0 Å². The van der Waals surface area contributed by atoms with Gasteiger partial charge in [0.1, 0.15) is 0 Å². The first-order valence-corrected chi connectivity index (χ1v) is 9.29. The fraction of sp³-hybridized carbons (Fsp3) is 0.316. The van der Waals surface area contributed by atoms with Crippen LogP contribution in [-0.4, -0.2) is 30.3 Å². The SMILES string of the molecule is CCc1nc(-c2cc(NC(=O)Cc3ccc(OC)c(OC)c3)c(C)s2)no1. The lowest BCUT2D eigenvalue weighted by molar-refractivity contribution is -0.115. The van der Waals surface area contributed by atoms with E-state index in [0.29, 0.717) is 29.6 Å². The van der Waals surface area contributed by atoms with E-state index >= 15 is 0 Å². The number of nitrogens with one attached hydrogen (secondary N) is 1. The van der Waals surface area contributed by atoms with E-state index in [1.165, 1.54) is 11.3 Å². The maximum atomic E-state index is 12.5. The molecule has 0 unspecified atom stereocenters. The molecule has 7 nitrogen and oxygen atoms in total. The standard InChI is InChI=1S/C19H21N3O4S/c1-5-18-21-19(22-26-18)16-10-13(11(2)27-16)20-17(23)9-12-6-7-14(24-3)15(8-12)25-4/h6-8,10H,5,9H2,1-4H3,(H,20,23). The normalized spacial score (nSPS) is 10.7. The lowest BCUT2D eigenvalue weighted by Gasteiger charge is -2.09. The van der Waals surface area contributed by atoms with Gasteiger partial charge in [-0.05, 0) is 30.7 Å². The van der Waals surface area contributed by atoms with Crippen LogP contribution in [0.25, 0.3) is 10.7 Å². The molecule has 1 amide bonds. The maximum absolute atomic E-state index is 12.5. The van der Waals surface area contributed by atoms with Crippen molar-refractivity contribution in [2.45, 2.75) is 26.7 Å². The number of benzene rings is 1. The Morgan fingerprint density at radius 2 is 2.00 bits per heavy atom. The first kappa shape index (κ1) is 18.9. The van der Waals surface area contributed by atoms with Crippen LogP contribution >= 0.6 is 11.3 Å². The molecule has 8 heteroatoms. The van der Waals surface area contributed by atoms with E-state index < -0.39 is 0 Å². The lowest BCUT2D eigenvalue weighted by atomic mass is 10.1. The third-order valence-corrected chi connectivity index (χ3v) is 5.04. The highest BCUT2D eigenvalue weighted by Crippen LogP contribution is 2.33. The number of hydrogen-bond acceptors (Lipinski definition) is 7. The number of aromatic nitrogens is 2. The summed E-state index contributed by atoms with van der Waals surface area (Å²) in [5.74, 6) is 2.25. The molecule has 0 saturated carbocycles. The Balaban J connectivity index is 1.71. The third-order valence-electron chi connectivity index (χ3n) is 4.00. The predicted molar refractivity (Wildman–Crippen MR) is 104 cm³/mol. The molecule has 0 saturated heterocycles. The van der Waals surface area contributed by atoms with E-state index in [1.807, 2.05) is 26.0 Å². The van der Waals surface area contributed by atoms with Gasteiger partial charge in [0, 0.05) is 11.3 Å². The minimum atomic E-state index is -0.114.